The maximum absolute atomic E-state index is 12.8. The number of hydrogen-bond acceptors (Lipinski definition) is 5. The first kappa shape index (κ1) is 21.6. The number of carbonyl (C=O) groups is 4. The molecule has 1 fully saturated rings. The van der Waals surface area contributed by atoms with Crippen molar-refractivity contribution in [1.29, 1.82) is 0 Å². The van der Waals surface area contributed by atoms with Crippen LogP contribution in [0.25, 0.3) is 0 Å². The maximum Gasteiger partial charge on any atom is 0.414 e. The first-order valence-electron chi connectivity index (χ1n) is 8.50. The van der Waals surface area contributed by atoms with Gasteiger partial charge in [0.2, 0.25) is 17.4 Å². The van der Waals surface area contributed by atoms with Gasteiger partial charge in [-0.25, -0.2) is 4.79 Å². The molecule has 0 aromatic rings. The van der Waals surface area contributed by atoms with Gasteiger partial charge in [-0.15, -0.1) is 0 Å². The van der Waals surface area contributed by atoms with E-state index in [1.807, 2.05) is 0 Å². The lowest BCUT2D eigenvalue weighted by Gasteiger charge is -2.31. The van der Waals surface area contributed by atoms with Crippen molar-refractivity contribution in [1.82, 2.24) is 15.1 Å². The van der Waals surface area contributed by atoms with E-state index in [-0.39, 0.29) is 0 Å². The zero-order valence-corrected chi connectivity index (χ0v) is 15.9. The normalized spacial score (nSPS) is 19.4. The number of carboxylic acids is 1. The molecule has 2 N–H and O–H groups in total. The molecule has 3 amide bonds. The fraction of sp³-hybridized carbons (Fsp3) is 0.706. The Labute approximate surface area is 153 Å². The minimum absolute atomic E-state index is 0.385. The van der Waals surface area contributed by atoms with Crippen LogP contribution in [0.15, 0.2) is 0 Å². The summed E-state index contributed by atoms with van der Waals surface area (Å²) >= 11 is 0. The number of hydrogen-bond donors (Lipinski definition) is 2. The minimum atomic E-state index is -1.17. The molecule has 9 nitrogen and oxygen atoms in total. The standard InChI is InChI=1S/C17H27N3O6/c1-10(15(23)24)18-13(21)11(2)19(6)14(22)12-8-7-9-20(12)16(25)26-17(3,4)5/h10-12H,3,7-9H2,1-2,4-6H3,(H-,18,21,23,24)/p+1/t10-,11-,12-/m0/s1. The summed E-state index contributed by atoms with van der Waals surface area (Å²) in [5, 5.41) is 11.2. The minimum Gasteiger partial charge on any atom is -0.480 e. The topological polar surface area (TPSA) is 116 Å². The van der Waals surface area contributed by atoms with E-state index in [2.05, 4.69) is 12.2 Å². The second kappa shape index (κ2) is 8.29. The van der Waals surface area contributed by atoms with Crippen molar-refractivity contribution >= 4 is 23.9 Å². The molecule has 1 aliphatic rings. The summed E-state index contributed by atoms with van der Waals surface area (Å²) in [4.78, 5) is 50.6. The van der Waals surface area contributed by atoms with Crippen LogP contribution >= 0.6 is 0 Å². The van der Waals surface area contributed by atoms with Crippen molar-refractivity contribution in [3.8, 4) is 0 Å². The van der Waals surface area contributed by atoms with Crippen molar-refractivity contribution in [2.75, 3.05) is 13.6 Å². The van der Waals surface area contributed by atoms with E-state index in [9.17, 15) is 19.2 Å². The molecule has 146 valence electrons. The molecule has 0 saturated carbocycles. The fourth-order valence-electron chi connectivity index (χ4n) is 2.53. The Morgan fingerprint density at radius 2 is 1.88 bits per heavy atom. The SMILES string of the molecule is [CH2+]C(C)(C)OC(=O)N1CCC[C@H]1C(=O)N(C)[C@@H](C)C(=O)N[C@@H](C)C(=O)O. The summed E-state index contributed by atoms with van der Waals surface area (Å²) < 4.78 is 5.23. The molecule has 0 spiro atoms. The Kier molecular flexibility index (Phi) is 6.88. The summed E-state index contributed by atoms with van der Waals surface area (Å²) in [6.07, 6.45) is 0.495. The van der Waals surface area contributed by atoms with Gasteiger partial charge in [0.05, 0.1) is 0 Å². The number of nitrogens with one attached hydrogen (secondary N) is 1. The lowest BCUT2D eigenvalue weighted by Crippen LogP contribution is -2.54. The summed E-state index contributed by atoms with van der Waals surface area (Å²) in [5.41, 5.74) is -0.917. The van der Waals surface area contributed by atoms with Gasteiger partial charge in [-0.2, -0.15) is 0 Å². The number of rotatable bonds is 6. The Morgan fingerprint density at radius 1 is 1.31 bits per heavy atom. The number of ether oxygens (including phenoxy) is 1. The van der Waals surface area contributed by atoms with Crippen LogP contribution < -0.4 is 5.32 Å². The van der Waals surface area contributed by atoms with Gasteiger partial charge >= 0.3 is 12.1 Å². The molecule has 0 aliphatic carbocycles. The fourth-order valence-corrected chi connectivity index (χ4v) is 2.53. The molecule has 0 aromatic heterocycles. The van der Waals surface area contributed by atoms with Crippen molar-refractivity contribution in [2.45, 2.75) is 64.3 Å². The smallest absolute Gasteiger partial charge is 0.414 e. The van der Waals surface area contributed by atoms with Gasteiger partial charge < -0.3 is 20.1 Å². The molecule has 26 heavy (non-hydrogen) atoms. The average Bonchev–Trinajstić information content (AvgIpc) is 3.00. The number of likely N-dealkylation sites (N-methyl/N-ethyl adjacent to an activating group) is 1. The Balaban J connectivity index is 2.78. The highest BCUT2D eigenvalue weighted by Gasteiger charge is 2.40. The van der Waals surface area contributed by atoms with E-state index in [1.54, 1.807) is 13.8 Å². The largest absolute Gasteiger partial charge is 0.480 e. The van der Waals surface area contributed by atoms with Crippen LogP contribution in [-0.2, 0) is 19.1 Å². The van der Waals surface area contributed by atoms with E-state index >= 15 is 0 Å². The van der Waals surface area contributed by atoms with Gasteiger partial charge in [0.1, 0.15) is 25.0 Å². The molecular formula is C17H28N3O6+. The van der Waals surface area contributed by atoms with E-state index in [0.29, 0.717) is 19.4 Å². The first-order chi connectivity index (χ1) is 11.8. The Morgan fingerprint density at radius 3 is 2.38 bits per heavy atom. The summed E-state index contributed by atoms with van der Waals surface area (Å²) in [5.74, 6) is -2.14. The molecule has 1 saturated heterocycles. The van der Waals surface area contributed by atoms with Crippen LogP contribution in [0.3, 0.4) is 0 Å². The molecule has 0 aromatic carbocycles. The second-order valence-corrected chi connectivity index (χ2v) is 7.17. The van der Waals surface area contributed by atoms with Crippen molar-refractivity contribution in [2.24, 2.45) is 0 Å². The van der Waals surface area contributed by atoms with Gasteiger partial charge in [-0.1, -0.05) is 0 Å². The van der Waals surface area contributed by atoms with Crippen LogP contribution in [0, 0.1) is 6.92 Å². The zero-order valence-electron chi connectivity index (χ0n) is 15.9. The van der Waals surface area contributed by atoms with Crippen LogP contribution in [0.1, 0.15) is 40.5 Å². The van der Waals surface area contributed by atoms with Gasteiger partial charge in [-0.05, 0) is 26.7 Å². The average molecular weight is 370 g/mol. The first-order valence-corrected chi connectivity index (χ1v) is 8.50. The number of nitrogens with zero attached hydrogens (tertiary/aromatic N) is 2. The highest BCUT2D eigenvalue weighted by Crippen LogP contribution is 2.22. The quantitative estimate of drug-likeness (QED) is 0.663. The van der Waals surface area contributed by atoms with E-state index < -0.39 is 47.6 Å². The van der Waals surface area contributed by atoms with Crippen LogP contribution in [0.4, 0.5) is 4.79 Å². The molecule has 0 unspecified atom stereocenters. The van der Waals surface area contributed by atoms with Gasteiger partial charge in [0.25, 0.3) is 0 Å². The highest BCUT2D eigenvalue weighted by atomic mass is 16.6. The van der Waals surface area contributed by atoms with Gasteiger partial charge in [-0.3, -0.25) is 19.3 Å². The second-order valence-electron chi connectivity index (χ2n) is 7.17. The molecule has 0 bridgehead atoms. The molecule has 0 radical (unpaired) electrons. The van der Waals surface area contributed by atoms with Crippen molar-refractivity contribution in [3.05, 3.63) is 6.92 Å². The molecule has 3 atom stereocenters. The third-order valence-corrected chi connectivity index (χ3v) is 4.17. The van der Waals surface area contributed by atoms with E-state index in [0.717, 1.165) is 0 Å². The third kappa shape index (κ3) is 5.53. The predicted octanol–water partition coefficient (Wildman–Crippen LogP) is 0.636. The lowest BCUT2D eigenvalue weighted by molar-refractivity contribution is -0.144. The summed E-state index contributed by atoms with van der Waals surface area (Å²) in [6, 6.07) is -2.67. The van der Waals surface area contributed by atoms with Crippen LogP contribution in [0.2, 0.25) is 0 Å². The predicted molar refractivity (Wildman–Crippen MR) is 93.1 cm³/mol. The van der Waals surface area contributed by atoms with E-state index in [4.69, 9.17) is 9.84 Å². The zero-order chi connectivity index (χ0) is 20.2. The van der Waals surface area contributed by atoms with Gasteiger partial charge in [0.15, 0.2) is 0 Å². The van der Waals surface area contributed by atoms with E-state index in [1.165, 1.54) is 30.7 Å². The molecular weight excluding hydrogens is 342 g/mol. The number of carbonyl (C=O) groups excluding carboxylic acids is 3. The van der Waals surface area contributed by atoms with Crippen molar-refractivity contribution < 1.29 is 29.0 Å². The Bertz CT molecular complexity index is 571. The maximum atomic E-state index is 12.8. The number of carboxylic acid groups (broad SMARTS) is 1. The lowest BCUT2D eigenvalue weighted by atomic mass is 10.1. The third-order valence-electron chi connectivity index (χ3n) is 4.17. The van der Waals surface area contributed by atoms with Crippen molar-refractivity contribution in [3.63, 3.8) is 0 Å². The molecule has 9 heteroatoms. The number of likely N-dealkylation sites (tertiary alicyclic amines) is 1. The van der Waals surface area contributed by atoms with Crippen LogP contribution in [0.5, 0.6) is 0 Å². The summed E-state index contributed by atoms with van der Waals surface area (Å²) in [7, 11) is 1.45. The van der Waals surface area contributed by atoms with Gasteiger partial charge in [0, 0.05) is 27.4 Å². The monoisotopic (exact) mass is 370 g/mol. The summed E-state index contributed by atoms with van der Waals surface area (Å²) in [6.45, 7) is 10.2. The highest BCUT2D eigenvalue weighted by molar-refractivity contribution is 5.92. The number of aliphatic carboxylic acids is 1. The number of amides is 3. The molecule has 1 rings (SSSR count). The Hall–Kier alpha value is -2.45. The van der Waals surface area contributed by atoms with Crippen LogP contribution in [-0.4, -0.2) is 76.1 Å². The molecule has 1 heterocycles. The molecule has 1 aliphatic heterocycles.